The summed E-state index contributed by atoms with van der Waals surface area (Å²) in [5, 5.41) is 7.03. The number of hydrogen-bond donors (Lipinski definition) is 2. The summed E-state index contributed by atoms with van der Waals surface area (Å²) < 4.78 is 1.58. The molecule has 0 saturated carbocycles. The third-order valence-corrected chi connectivity index (χ3v) is 3.43. The van der Waals surface area contributed by atoms with E-state index in [4.69, 9.17) is 5.73 Å². The molecule has 0 spiro atoms. The van der Waals surface area contributed by atoms with Crippen LogP contribution in [0.15, 0.2) is 55.0 Å². The highest BCUT2D eigenvalue weighted by atomic mass is 16.1. The number of carbonyl (C=O) groups excluding carboxylic acids is 1. The molecule has 2 heterocycles. The van der Waals surface area contributed by atoms with Crippen molar-refractivity contribution >= 4 is 11.6 Å². The molecule has 1 aromatic carbocycles. The largest absolute Gasteiger partial charge is 0.326 e. The van der Waals surface area contributed by atoms with Crippen LogP contribution in [0.5, 0.6) is 0 Å². The first-order valence-electron chi connectivity index (χ1n) is 7.24. The highest BCUT2D eigenvalue weighted by Gasteiger charge is 2.10. The molecule has 2 aromatic heterocycles. The summed E-state index contributed by atoms with van der Waals surface area (Å²) in [6.07, 6.45) is 4.89. The van der Waals surface area contributed by atoms with Gasteiger partial charge in [-0.2, -0.15) is 5.10 Å². The summed E-state index contributed by atoms with van der Waals surface area (Å²) in [4.78, 5) is 16.5. The van der Waals surface area contributed by atoms with Crippen molar-refractivity contribution in [3.8, 4) is 5.82 Å². The van der Waals surface area contributed by atoms with Crippen molar-refractivity contribution in [1.29, 1.82) is 0 Å². The average molecular weight is 307 g/mol. The van der Waals surface area contributed by atoms with Crippen LogP contribution in [0.4, 0.5) is 5.69 Å². The number of aryl methyl sites for hydroxylation is 1. The smallest absolute Gasteiger partial charge is 0.258 e. The van der Waals surface area contributed by atoms with Gasteiger partial charge in [-0.05, 0) is 42.3 Å². The van der Waals surface area contributed by atoms with Gasteiger partial charge < -0.3 is 11.1 Å². The quantitative estimate of drug-likeness (QED) is 0.774. The van der Waals surface area contributed by atoms with Crippen LogP contribution in [-0.4, -0.2) is 20.7 Å². The lowest BCUT2D eigenvalue weighted by Crippen LogP contribution is -2.11. The lowest BCUT2D eigenvalue weighted by Gasteiger charge is -2.04. The zero-order valence-electron chi connectivity index (χ0n) is 12.7. The summed E-state index contributed by atoms with van der Waals surface area (Å²) in [6, 6.07) is 11.2. The molecule has 3 aromatic rings. The second kappa shape index (κ2) is 6.41. The van der Waals surface area contributed by atoms with E-state index in [2.05, 4.69) is 15.4 Å². The fraction of sp³-hybridized carbons (Fsp3) is 0.118. The first-order valence-corrected chi connectivity index (χ1v) is 7.24. The molecule has 1 amide bonds. The van der Waals surface area contributed by atoms with Crippen LogP contribution in [0.25, 0.3) is 5.82 Å². The summed E-state index contributed by atoms with van der Waals surface area (Å²) in [6.45, 7) is 2.46. The van der Waals surface area contributed by atoms with E-state index in [9.17, 15) is 4.79 Å². The summed E-state index contributed by atoms with van der Waals surface area (Å²) >= 11 is 0. The zero-order valence-corrected chi connectivity index (χ0v) is 12.7. The molecule has 0 radical (unpaired) electrons. The van der Waals surface area contributed by atoms with Crippen molar-refractivity contribution < 1.29 is 4.79 Å². The van der Waals surface area contributed by atoms with E-state index in [1.54, 1.807) is 17.1 Å². The van der Waals surface area contributed by atoms with Gasteiger partial charge in [-0.1, -0.05) is 12.1 Å². The molecule has 0 atom stereocenters. The Bertz CT molecular complexity index is 823. The molecule has 0 unspecified atom stereocenters. The summed E-state index contributed by atoms with van der Waals surface area (Å²) in [5.41, 5.74) is 8.84. The number of nitrogens with one attached hydrogen (secondary N) is 1. The maximum Gasteiger partial charge on any atom is 0.258 e. The van der Waals surface area contributed by atoms with E-state index in [0.717, 1.165) is 11.1 Å². The minimum Gasteiger partial charge on any atom is -0.326 e. The van der Waals surface area contributed by atoms with Gasteiger partial charge >= 0.3 is 0 Å². The summed E-state index contributed by atoms with van der Waals surface area (Å²) in [5.74, 6) is 0.459. The number of nitrogens with two attached hydrogens (primary N) is 1. The van der Waals surface area contributed by atoms with Gasteiger partial charge in [0.1, 0.15) is 0 Å². The lowest BCUT2D eigenvalue weighted by atomic mass is 10.2. The van der Waals surface area contributed by atoms with Crippen molar-refractivity contribution in [2.24, 2.45) is 5.73 Å². The van der Waals surface area contributed by atoms with Crippen molar-refractivity contribution in [1.82, 2.24) is 14.8 Å². The Morgan fingerprint density at radius 3 is 2.74 bits per heavy atom. The highest BCUT2D eigenvalue weighted by Crippen LogP contribution is 2.12. The number of pyridine rings is 1. The van der Waals surface area contributed by atoms with Crippen LogP contribution in [0.2, 0.25) is 0 Å². The molecule has 0 aliphatic carbocycles. The van der Waals surface area contributed by atoms with Gasteiger partial charge in [-0.3, -0.25) is 4.79 Å². The number of aromatic nitrogens is 3. The molecule has 116 valence electrons. The Labute approximate surface area is 134 Å². The first-order chi connectivity index (χ1) is 11.2. The molecule has 0 fully saturated rings. The molecule has 6 nitrogen and oxygen atoms in total. The molecule has 6 heteroatoms. The van der Waals surface area contributed by atoms with Crippen LogP contribution in [0.1, 0.15) is 21.5 Å². The Balaban J connectivity index is 1.75. The van der Waals surface area contributed by atoms with Crippen molar-refractivity contribution in [3.05, 3.63) is 71.7 Å². The number of carbonyl (C=O) groups is 1. The van der Waals surface area contributed by atoms with E-state index >= 15 is 0 Å². The second-order valence-corrected chi connectivity index (χ2v) is 5.22. The standard InChI is InChI=1S/C17H17N5O/c1-12-6-7-19-16(8-12)22-11-14(10-20-22)17(23)21-15-4-2-13(9-18)3-5-15/h2-8,10-11H,9,18H2,1H3,(H,21,23). The van der Waals surface area contributed by atoms with Gasteiger partial charge in [0.15, 0.2) is 5.82 Å². The Morgan fingerprint density at radius 2 is 2.04 bits per heavy atom. The monoisotopic (exact) mass is 307 g/mol. The normalized spacial score (nSPS) is 10.5. The van der Waals surface area contributed by atoms with Crippen LogP contribution >= 0.6 is 0 Å². The fourth-order valence-electron chi connectivity index (χ4n) is 2.14. The van der Waals surface area contributed by atoms with Gasteiger partial charge in [0.25, 0.3) is 5.91 Å². The molecule has 0 aliphatic heterocycles. The number of hydrogen-bond acceptors (Lipinski definition) is 4. The number of rotatable bonds is 4. The third kappa shape index (κ3) is 3.44. The van der Waals surface area contributed by atoms with E-state index in [0.29, 0.717) is 23.6 Å². The molecule has 0 bridgehead atoms. The Morgan fingerprint density at radius 1 is 1.26 bits per heavy atom. The number of amides is 1. The molecule has 23 heavy (non-hydrogen) atoms. The van der Waals surface area contributed by atoms with Crippen molar-refractivity contribution in [2.75, 3.05) is 5.32 Å². The van der Waals surface area contributed by atoms with Crippen LogP contribution in [-0.2, 0) is 6.54 Å². The molecule has 3 N–H and O–H groups in total. The zero-order chi connectivity index (χ0) is 16.2. The van der Waals surface area contributed by atoms with Crippen LogP contribution < -0.4 is 11.1 Å². The second-order valence-electron chi connectivity index (χ2n) is 5.22. The molecule has 3 rings (SSSR count). The SMILES string of the molecule is Cc1ccnc(-n2cc(C(=O)Nc3ccc(CN)cc3)cn2)c1. The number of nitrogens with zero attached hydrogens (tertiary/aromatic N) is 3. The van der Waals surface area contributed by atoms with E-state index < -0.39 is 0 Å². The van der Waals surface area contributed by atoms with Gasteiger partial charge in [-0.25, -0.2) is 9.67 Å². The van der Waals surface area contributed by atoms with Gasteiger partial charge in [0.2, 0.25) is 0 Å². The average Bonchev–Trinajstić information content (AvgIpc) is 3.06. The predicted octanol–water partition coefficient (Wildman–Crippen LogP) is 2.29. The highest BCUT2D eigenvalue weighted by molar-refractivity contribution is 6.03. The Hall–Kier alpha value is -2.99. The Kier molecular flexibility index (Phi) is 4.16. The van der Waals surface area contributed by atoms with Crippen molar-refractivity contribution in [3.63, 3.8) is 0 Å². The maximum absolute atomic E-state index is 12.3. The number of benzene rings is 1. The van der Waals surface area contributed by atoms with E-state index in [1.807, 2.05) is 43.3 Å². The van der Waals surface area contributed by atoms with Crippen LogP contribution in [0.3, 0.4) is 0 Å². The first kappa shape index (κ1) is 14.9. The minimum atomic E-state index is -0.218. The number of anilines is 1. The summed E-state index contributed by atoms with van der Waals surface area (Å²) in [7, 11) is 0. The van der Waals surface area contributed by atoms with Crippen LogP contribution in [0, 0.1) is 6.92 Å². The molecule has 0 saturated heterocycles. The van der Waals surface area contributed by atoms with Crippen molar-refractivity contribution in [2.45, 2.75) is 13.5 Å². The topological polar surface area (TPSA) is 85.8 Å². The fourth-order valence-corrected chi connectivity index (χ4v) is 2.14. The van der Waals surface area contributed by atoms with Gasteiger partial charge in [0, 0.05) is 24.6 Å². The molecular formula is C17H17N5O. The predicted molar refractivity (Wildman–Crippen MR) is 88.4 cm³/mol. The van der Waals surface area contributed by atoms with Gasteiger partial charge in [-0.15, -0.1) is 0 Å². The van der Waals surface area contributed by atoms with Gasteiger partial charge in [0.05, 0.1) is 11.8 Å². The molecule has 0 aliphatic rings. The van der Waals surface area contributed by atoms with E-state index in [-0.39, 0.29) is 5.91 Å². The third-order valence-electron chi connectivity index (χ3n) is 3.43. The lowest BCUT2D eigenvalue weighted by molar-refractivity contribution is 0.102. The van der Waals surface area contributed by atoms with E-state index in [1.165, 1.54) is 6.20 Å². The minimum absolute atomic E-state index is 0.218. The molecular weight excluding hydrogens is 290 g/mol. The maximum atomic E-state index is 12.3.